The van der Waals surface area contributed by atoms with Crippen molar-refractivity contribution in [1.29, 1.82) is 0 Å². The molecule has 4 rings (SSSR count). The Morgan fingerprint density at radius 2 is 1.90 bits per heavy atom. The van der Waals surface area contributed by atoms with E-state index in [-0.39, 0.29) is 24.4 Å². The zero-order chi connectivity index (χ0) is 22.0. The molecule has 0 aliphatic carbocycles. The van der Waals surface area contributed by atoms with Crippen LogP contribution in [0.15, 0.2) is 69.6 Å². The van der Waals surface area contributed by atoms with E-state index in [4.69, 9.17) is 0 Å². The predicted molar refractivity (Wildman–Crippen MR) is 122 cm³/mol. The first-order valence-electron chi connectivity index (χ1n) is 9.93. The van der Waals surface area contributed by atoms with Crippen LogP contribution in [0, 0.1) is 13.8 Å². The minimum Gasteiger partial charge on any atom is -0.326 e. The summed E-state index contributed by atoms with van der Waals surface area (Å²) in [6, 6.07) is 14.2. The normalized spacial score (nSPS) is 11.1. The molecule has 0 aliphatic rings. The largest absolute Gasteiger partial charge is 0.326 e. The van der Waals surface area contributed by atoms with Crippen molar-refractivity contribution in [3.63, 3.8) is 0 Å². The smallest absolute Gasteiger partial charge is 0.264 e. The van der Waals surface area contributed by atoms with Crippen LogP contribution in [0.4, 0.5) is 5.69 Å². The zero-order valence-corrected chi connectivity index (χ0v) is 18.4. The third-order valence-corrected chi connectivity index (χ3v) is 6.18. The number of nitrogens with one attached hydrogen (secondary N) is 1. The number of hydrogen-bond acceptors (Lipinski definition) is 5. The molecule has 0 fully saturated rings. The van der Waals surface area contributed by atoms with Crippen molar-refractivity contribution in [2.24, 2.45) is 7.05 Å². The summed E-state index contributed by atoms with van der Waals surface area (Å²) in [6.45, 7) is 4.44. The summed E-state index contributed by atoms with van der Waals surface area (Å²) < 4.78 is 2.99. The molecule has 0 saturated heterocycles. The van der Waals surface area contributed by atoms with Crippen LogP contribution >= 0.6 is 11.8 Å². The lowest BCUT2D eigenvalue weighted by Gasteiger charge is -2.09. The van der Waals surface area contributed by atoms with Gasteiger partial charge in [0.15, 0.2) is 5.65 Å². The lowest BCUT2D eigenvalue weighted by Crippen LogP contribution is -2.23. The Bertz CT molecular complexity index is 1310. The second kappa shape index (κ2) is 8.77. The van der Waals surface area contributed by atoms with Gasteiger partial charge in [-0.3, -0.25) is 18.8 Å². The minimum atomic E-state index is -0.196. The van der Waals surface area contributed by atoms with Crippen LogP contribution in [0.3, 0.4) is 0 Å². The summed E-state index contributed by atoms with van der Waals surface area (Å²) >= 11 is 1.70. The predicted octanol–water partition coefficient (Wildman–Crippen LogP) is 3.93. The van der Waals surface area contributed by atoms with Crippen molar-refractivity contribution in [2.45, 2.75) is 36.6 Å². The molecule has 0 unspecified atom stereocenters. The maximum absolute atomic E-state index is 12.5. The molecule has 31 heavy (non-hydrogen) atoms. The molecular weight excluding hydrogens is 410 g/mol. The summed E-state index contributed by atoms with van der Waals surface area (Å²) in [6.07, 6.45) is 3.13. The molecule has 8 heteroatoms. The van der Waals surface area contributed by atoms with Gasteiger partial charge >= 0.3 is 0 Å². The van der Waals surface area contributed by atoms with E-state index in [9.17, 15) is 9.59 Å². The fourth-order valence-electron chi connectivity index (χ4n) is 3.22. The van der Waals surface area contributed by atoms with Crippen molar-refractivity contribution in [3.05, 3.63) is 76.5 Å². The van der Waals surface area contributed by atoms with Gasteiger partial charge in [-0.25, -0.2) is 4.98 Å². The van der Waals surface area contributed by atoms with Crippen LogP contribution in [0.25, 0.3) is 11.0 Å². The van der Waals surface area contributed by atoms with Crippen LogP contribution in [-0.4, -0.2) is 25.2 Å². The Morgan fingerprint density at radius 3 is 2.68 bits per heavy atom. The maximum atomic E-state index is 12.5. The molecule has 0 saturated carbocycles. The van der Waals surface area contributed by atoms with E-state index in [0.29, 0.717) is 11.0 Å². The van der Waals surface area contributed by atoms with E-state index < -0.39 is 0 Å². The van der Waals surface area contributed by atoms with Gasteiger partial charge in [0.05, 0.1) is 12.5 Å². The van der Waals surface area contributed by atoms with Crippen molar-refractivity contribution in [1.82, 2.24) is 19.3 Å². The number of benzene rings is 2. The third-order valence-electron chi connectivity index (χ3n) is 5.01. The number of nitrogens with zero attached hydrogens (tertiary/aromatic N) is 4. The number of aromatic nitrogens is 4. The van der Waals surface area contributed by atoms with E-state index in [1.165, 1.54) is 33.1 Å². The molecule has 2 aromatic heterocycles. The molecule has 4 aromatic rings. The molecule has 1 N–H and O–H groups in total. The molecule has 0 aliphatic heterocycles. The maximum Gasteiger partial charge on any atom is 0.264 e. The van der Waals surface area contributed by atoms with Crippen LogP contribution in [0.5, 0.6) is 0 Å². The summed E-state index contributed by atoms with van der Waals surface area (Å²) in [5.74, 6) is -0.159. The Hall–Kier alpha value is -3.39. The zero-order valence-electron chi connectivity index (χ0n) is 17.6. The third kappa shape index (κ3) is 4.69. The second-order valence-corrected chi connectivity index (χ2v) is 8.56. The van der Waals surface area contributed by atoms with Gasteiger partial charge in [0.1, 0.15) is 5.39 Å². The average molecular weight is 434 g/mol. The first-order chi connectivity index (χ1) is 14.9. The molecule has 0 radical (unpaired) electrons. The van der Waals surface area contributed by atoms with Crippen molar-refractivity contribution in [3.8, 4) is 0 Å². The molecule has 7 nitrogen and oxygen atoms in total. The van der Waals surface area contributed by atoms with Gasteiger partial charge in [0, 0.05) is 35.5 Å². The Kier molecular flexibility index (Phi) is 5.90. The van der Waals surface area contributed by atoms with Gasteiger partial charge < -0.3 is 5.32 Å². The summed E-state index contributed by atoms with van der Waals surface area (Å²) in [5, 5.41) is 7.38. The number of amides is 1. The fraction of sp³-hybridized carbons (Fsp3) is 0.217. The van der Waals surface area contributed by atoms with E-state index >= 15 is 0 Å². The molecule has 0 atom stereocenters. The highest BCUT2D eigenvalue weighted by atomic mass is 32.2. The number of carbonyl (C=O) groups excluding carboxylic acids is 1. The minimum absolute atomic E-state index is 0.159. The number of hydrogen-bond donors (Lipinski definition) is 1. The molecule has 2 aromatic carbocycles. The molecular formula is C23H23N5O2S. The monoisotopic (exact) mass is 433 g/mol. The first kappa shape index (κ1) is 20.9. The highest BCUT2D eigenvalue weighted by molar-refractivity contribution is 7.99. The van der Waals surface area contributed by atoms with E-state index in [2.05, 4.69) is 47.4 Å². The quantitative estimate of drug-likeness (QED) is 0.498. The van der Waals surface area contributed by atoms with Gasteiger partial charge in [-0.1, -0.05) is 23.9 Å². The van der Waals surface area contributed by atoms with Gasteiger partial charge in [-0.15, -0.1) is 0 Å². The van der Waals surface area contributed by atoms with E-state index in [0.717, 1.165) is 10.6 Å². The standard InChI is InChI=1S/C23H23N5O2S/c1-15-4-5-16(2)20(12-15)31-18-8-6-17(7-9-18)26-21(29)10-11-28-14-24-22-19(23(28)30)13-25-27(22)3/h4-9,12-14H,10-11H2,1-3H3,(H,26,29). The lowest BCUT2D eigenvalue weighted by atomic mass is 10.2. The van der Waals surface area contributed by atoms with Crippen LogP contribution in [-0.2, 0) is 18.4 Å². The number of anilines is 1. The van der Waals surface area contributed by atoms with Crippen LogP contribution in [0.2, 0.25) is 0 Å². The van der Waals surface area contributed by atoms with Gasteiger partial charge in [-0.2, -0.15) is 5.10 Å². The number of aryl methyl sites for hydroxylation is 4. The highest BCUT2D eigenvalue weighted by Crippen LogP contribution is 2.31. The lowest BCUT2D eigenvalue weighted by molar-refractivity contribution is -0.116. The first-order valence-corrected chi connectivity index (χ1v) is 10.7. The topological polar surface area (TPSA) is 81.8 Å². The van der Waals surface area contributed by atoms with Crippen LogP contribution < -0.4 is 10.9 Å². The van der Waals surface area contributed by atoms with Crippen molar-refractivity contribution >= 4 is 34.4 Å². The van der Waals surface area contributed by atoms with Gasteiger partial charge in [0.25, 0.3) is 5.56 Å². The van der Waals surface area contributed by atoms with E-state index in [1.54, 1.807) is 23.5 Å². The summed E-state index contributed by atoms with van der Waals surface area (Å²) in [7, 11) is 1.73. The summed E-state index contributed by atoms with van der Waals surface area (Å²) in [4.78, 5) is 31.4. The SMILES string of the molecule is Cc1ccc(C)c(Sc2ccc(NC(=O)CCn3cnc4c(cnn4C)c3=O)cc2)c1. The highest BCUT2D eigenvalue weighted by Gasteiger charge is 2.10. The Labute approximate surface area is 184 Å². The second-order valence-electron chi connectivity index (χ2n) is 7.44. The number of rotatable bonds is 6. The molecule has 158 valence electrons. The Morgan fingerprint density at radius 1 is 1.13 bits per heavy atom. The van der Waals surface area contributed by atoms with Crippen LogP contribution in [0.1, 0.15) is 17.5 Å². The van der Waals surface area contributed by atoms with Gasteiger partial charge in [-0.05, 0) is 55.3 Å². The molecule has 1 amide bonds. The number of carbonyl (C=O) groups is 1. The molecule has 2 heterocycles. The molecule has 0 spiro atoms. The van der Waals surface area contributed by atoms with Crippen molar-refractivity contribution < 1.29 is 4.79 Å². The summed E-state index contributed by atoms with van der Waals surface area (Å²) in [5.41, 5.74) is 3.53. The average Bonchev–Trinajstić information content (AvgIpc) is 3.13. The van der Waals surface area contributed by atoms with E-state index in [1.807, 2.05) is 24.3 Å². The Balaban J connectivity index is 1.36. The molecule has 0 bridgehead atoms. The van der Waals surface area contributed by atoms with Crippen molar-refractivity contribution in [2.75, 3.05) is 5.32 Å². The van der Waals surface area contributed by atoms with Gasteiger partial charge in [0.2, 0.25) is 5.91 Å². The number of fused-ring (bicyclic) bond motifs is 1. The fourth-order valence-corrected chi connectivity index (χ4v) is 4.22.